The molecular formula is C17H26BrN3. The molecule has 4 heteroatoms. The Balaban J connectivity index is 1.72. The van der Waals surface area contributed by atoms with E-state index in [-0.39, 0.29) is 6.04 Å². The van der Waals surface area contributed by atoms with Crippen molar-refractivity contribution in [2.24, 2.45) is 5.73 Å². The standard InChI is InChI=1S/C17H26BrN3/c1-2-15(19)11-13-3-4-14(18)12-17(13)21-9-7-20(8-10-21)16-5-6-16/h3-4,12,15-16H,2,5-11,19H2,1H3. The Morgan fingerprint density at radius 1 is 1.24 bits per heavy atom. The molecule has 1 atom stereocenters. The lowest BCUT2D eigenvalue weighted by Crippen LogP contribution is -2.47. The number of nitrogens with zero attached hydrogens (tertiary/aromatic N) is 2. The summed E-state index contributed by atoms with van der Waals surface area (Å²) in [5.41, 5.74) is 8.95. The molecule has 1 aromatic carbocycles. The smallest absolute Gasteiger partial charge is 0.0411 e. The molecule has 0 bridgehead atoms. The fourth-order valence-electron chi connectivity index (χ4n) is 3.20. The largest absolute Gasteiger partial charge is 0.369 e. The number of halogens is 1. The Morgan fingerprint density at radius 3 is 2.57 bits per heavy atom. The molecule has 0 amide bonds. The zero-order valence-corrected chi connectivity index (χ0v) is 14.5. The second-order valence-corrected chi connectivity index (χ2v) is 7.32. The summed E-state index contributed by atoms with van der Waals surface area (Å²) in [6.45, 7) is 6.85. The van der Waals surface area contributed by atoms with Crippen molar-refractivity contribution in [2.45, 2.75) is 44.7 Å². The van der Waals surface area contributed by atoms with Crippen molar-refractivity contribution in [3.63, 3.8) is 0 Å². The maximum atomic E-state index is 6.17. The van der Waals surface area contributed by atoms with Crippen LogP contribution in [0.15, 0.2) is 22.7 Å². The van der Waals surface area contributed by atoms with Crippen LogP contribution in [0.4, 0.5) is 5.69 Å². The molecule has 0 spiro atoms. The summed E-state index contributed by atoms with van der Waals surface area (Å²) in [6, 6.07) is 7.80. The molecule has 1 heterocycles. The summed E-state index contributed by atoms with van der Waals surface area (Å²) in [5, 5.41) is 0. The molecule has 1 aliphatic carbocycles. The van der Waals surface area contributed by atoms with Crippen LogP contribution in [-0.4, -0.2) is 43.2 Å². The molecule has 2 N–H and O–H groups in total. The molecule has 1 saturated carbocycles. The van der Waals surface area contributed by atoms with Crippen LogP contribution in [0, 0.1) is 0 Å². The van der Waals surface area contributed by atoms with Crippen LogP contribution in [0.25, 0.3) is 0 Å². The van der Waals surface area contributed by atoms with E-state index in [1.165, 1.54) is 37.2 Å². The van der Waals surface area contributed by atoms with Crippen molar-refractivity contribution in [3.8, 4) is 0 Å². The highest BCUT2D eigenvalue weighted by atomic mass is 79.9. The molecule has 3 rings (SSSR count). The van der Waals surface area contributed by atoms with E-state index in [1.807, 2.05) is 0 Å². The second-order valence-electron chi connectivity index (χ2n) is 6.40. The molecule has 0 aromatic heterocycles. The van der Waals surface area contributed by atoms with Gasteiger partial charge in [-0.1, -0.05) is 28.9 Å². The van der Waals surface area contributed by atoms with Gasteiger partial charge in [-0.05, 0) is 43.4 Å². The maximum absolute atomic E-state index is 6.17. The highest BCUT2D eigenvalue weighted by molar-refractivity contribution is 9.10. The van der Waals surface area contributed by atoms with Gasteiger partial charge in [0.1, 0.15) is 0 Å². The van der Waals surface area contributed by atoms with Gasteiger partial charge in [0.05, 0.1) is 0 Å². The van der Waals surface area contributed by atoms with Crippen molar-refractivity contribution in [2.75, 3.05) is 31.1 Å². The monoisotopic (exact) mass is 351 g/mol. The van der Waals surface area contributed by atoms with Crippen molar-refractivity contribution in [1.29, 1.82) is 0 Å². The minimum Gasteiger partial charge on any atom is -0.369 e. The van der Waals surface area contributed by atoms with Gasteiger partial charge in [0.15, 0.2) is 0 Å². The topological polar surface area (TPSA) is 32.5 Å². The molecule has 1 aromatic rings. The van der Waals surface area contributed by atoms with Crippen LogP contribution in [0.3, 0.4) is 0 Å². The van der Waals surface area contributed by atoms with Gasteiger partial charge in [-0.15, -0.1) is 0 Å². The predicted molar refractivity (Wildman–Crippen MR) is 92.9 cm³/mol. The van der Waals surface area contributed by atoms with Gasteiger partial charge in [-0.3, -0.25) is 4.90 Å². The van der Waals surface area contributed by atoms with E-state index < -0.39 is 0 Å². The summed E-state index contributed by atoms with van der Waals surface area (Å²) in [4.78, 5) is 5.20. The van der Waals surface area contributed by atoms with E-state index in [9.17, 15) is 0 Å². The first-order chi connectivity index (χ1) is 10.2. The average Bonchev–Trinajstić information content (AvgIpc) is 3.34. The maximum Gasteiger partial charge on any atom is 0.0411 e. The summed E-state index contributed by atoms with van der Waals surface area (Å²) < 4.78 is 1.16. The minimum atomic E-state index is 0.262. The molecule has 116 valence electrons. The highest BCUT2D eigenvalue weighted by Gasteiger charge is 2.31. The highest BCUT2D eigenvalue weighted by Crippen LogP contribution is 2.31. The van der Waals surface area contributed by atoms with Gasteiger partial charge in [-0.2, -0.15) is 0 Å². The number of hydrogen-bond acceptors (Lipinski definition) is 3. The Kier molecular flexibility index (Phi) is 4.87. The summed E-state index contributed by atoms with van der Waals surface area (Å²) in [5.74, 6) is 0. The van der Waals surface area contributed by atoms with E-state index in [0.717, 1.165) is 36.4 Å². The van der Waals surface area contributed by atoms with Crippen LogP contribution in [-0.2, 0) is 6.42 Å². The zero-order chi connectivity index (χ0) is 14.8. The lowest BCUT2D eigenvalue weighted by molar-refractivity contribution is 0.248. The van der Waals surface area contributed by atoms with E-state index in [1.54, 1.807) is 0 Å². The van der Waals surface area contributed by atoms with E-state index in [2.05, 4.69) is 50.9 Å². The number of benzene rings is 1. The van der Waals surface area contributed by atoms with Crippen molar-refractivity contribution in [1.82, 2.24) is 4.90 Å². The number of rotatable bonds is 5. The Morgan fingerprint density at radius 2 is 1.95 bits per heavy atom. The van der Waals surface area contributed by atoms with Crippen molar-refractivity contribution in [3.05, 3.63) is 28.2 Å². The number of hydrogen-bond donors (Lipinski definition) is 1. The predicted octanol–water partition coefficient (Wildman–Crippen LogP) is 3.01. The Labute approximate surface area is 136 Å². The molecule has 2 aliphatic rings. The van der Waals surface area contributed by atoms with Gasteiger partial charge < -0.3 is 10.6 Å². The van der Waals surface area contributed by atoms with E-state index in [0.29, 0.717) is 0 Å². The first-order valence-corrected chi connectivity index (χ1v) is 8.99. The number of nitrogens with two attached hydrogens (primary N) is 1. The lowest BCUT2D eigenvalue weighted by Gasteiger charge is -2.37. The fourth-order valence-corrected chi connectivity index (χ4v) is 3.55. The average molecular weight is 352 g/mol. The SMILES string of the molecule is CCC(N)Cc1ccc(Br)cc1N1CCN(C2CC2)CC1. The third kappa shape index (κ3) is 3.79. The van der Waals surface area contributed by atoms with Crippen LogP contribution in [0.5, 0.6) is 0 Å². The van der Waals surface area contributed by atoms with Crippen LogP contribution in [0.1, 0.15) is 31.7 Å². The van der Waals surface area contributed by atoms with Crippen LogP contribution >= 0.6 is 15.9 Å². The molecule has 1 aliphatic heterocycles. The zero-order valence-electron chi connectivity index (χ0n) is 12.9. The molecule has 2 fully saturated rings. The van der Waals surface area contributed by atoms with Gasteiger partial charge in [0.2, 0.25) is 0 Å². The van der Waals surface area contributed by atoms with Crippen molar-refractivity contribution >= 4 is 21.6 Å². The first kappa shape index (κ1) is 15.3. The molecule has 1 unspecified atom stereocenters. The quantitative estimate of drug-likeness (QED) is 0.884. The molecule has 1 saturated heterocycles. The molecule has 3 nitrogen and oxygen atoms in total. The Bertz CT molecular complexity index is 479. The van der Waals surface area contributed by atoms with Gasteiger partial charge in [0, 0.05) is 48.4 Å². The van der Waals surface area contributed by atoms with E-state index in [4.69, 9.17) is 5.73 Å². The lowest BCUT2D eigenvalue weighted by atomic mass is 10.0. The molecule has 21 heavy (non-hydrogen) atoms. The third-order valence-electron chi connectivity index (χ3n) is 4.77. The van der Waals surface area contributed by atoms with E-state index >= 15 is 0 Å². The van der Waals surface area contributed by atoms with Crippen LogP contribution < -0.4 is 10.6 Å². The summed E-state index contributed by atoms with van der Waals surface area (Å²) in [6.07, 6.45) is 4.83. The summed E-state index contributed by atoms with van der Waals surface area (Å²) >= 11 is 3.62. The molecule has 0 radical (unpaired) electrons. The third-order valence-corrected chi connectivity index (χ3v) is 5.27. The van der Waals surface area contributed by atoms with Crippen molar-refractivity contribution < 1.29 is 0 Å². The Hall–Kier alpha value is -0.580. The summed E-state index contributed by atoms with van der Waals surface area (Å²) in [7, 11) is 0. The van der Waals surface area contributed by atoms with Gasteiger partial charge >= 0.3 is 0 Å². The fraction of sp³-hybridized carbons (Fsp3) is 0.647. The van der Waals surface area contributed by atoms with Gasteiger partial charge in [-0.25, -0.2) is 0 Å². The molecular weight excluding hydrogens is 326 g/mol. The minimum absolute atomic E-state index is 0.262. The number of anilines is 1. The second kappa shape index (κ2) is 6.67. The normalized spacial score (nSPS) is 21.6. The first-order valence-electron chi connectivity index (χ1n) is 8.20. The van der Waals surface area contributed by atoms with Crippen LogP contribution in [0.2, 0.25) is 0 Å². The van der Waals surface area contributed by atoms with Gasteiger partial charge in [0.25, 0.3) is 0 Å². The number of piperazine rings is 1.